The molecule has 4 rings (SSSR count). The lowest BCUT2D eigenvalue weighted by Gasteiger charge is -2.25. The van der Waals surface area contributed by atoms with Gasteiger partial charge in [0.05, 0.1) is 26.4 Å². The topological polar surface area (TPSA) is 164 Å². The molecule has 2 aromatic carbocycles. The van der Waals surface area contributed by atoms with Crippen molar-refractivity contribution in [3.05, 3.63) is 58.7 Å². The second-order valence-corrected chi connectivity index (χ2v) is 16.5. The molecule has 0 saturated carbocycles. The van der Waals surface area contributed by atoms with Gasteiger partial charge >= 0.3 is 23.9 Å². The Balaban J connectivity index is 0.886. The fourth-order valence-electron chi connectivity index (χ4n) is 8.13. The first-order chi connectivity index (χ1) is 29.2. The average Bonchev–Trinajstić information content (AvgIpc) is 3.71. The van der Waals surface area contributed by atoms with Crippen LogP contribution in [0.4, 0.5) is 0 Å². The van der Waals surface area contributed by atoms with Crippen molar-refractivity contribution >= 4 is 23.9 Å². The largest absolute Gasteiger partial charge is 0.493 e. The third kappa shape index (κ3) is 14.8. The molecule has 2 aliphatic heterocycles. The summed E-state index contributed by atoms with van der Waals surface area (Å²) in [5.41, 5.74) is -1.22. The van der Waals surface area contributed by atoms with Gasteiger partial charge < -0.3 is 38.6 Å². The van der Waals surface area contributed by atoms with Gasteiger partial charge in [0, 0.05) is 25.0 Å². The van der Waals surface area contributed by atoms with Gasteiger partial charge in [-0.3, -0.25) is 9.59 Å². The Bertz CT molecular complexity index is 1520. The molecular weight excluding hydrogens is 769 g/mol. The van der Waals surface area contributed by atoms with Gasteiger partial charge in [0.2, 0.25) is 0 Å². The second-order valence-electron chi connectivity index (χ2n) is 16.5. The predicted molar refractivity (Wildman–Crippen MR) is 227 cm³/mol. The Morgan fingerprint density at radius 1 is 0.483 bits per heavy atom. The first-order valence-corrected chi connectivity index (χ1v) is 22.6. The van der Waals surface area contributed by atoms with Gasteiger partial charge in [-0.25, -0.2) is 9.59 Å². The zero-order valence-electron chi connectivity index (χ0n) is 36.2. The first kappa shape index (κ1) is 48.5. The summed E-state index contributed by atoms with van der Waals surface area (Å²) in [5, 5.41) is 20.0. The van der Waals surface area contributed by atoms with E-state index in [0.717, 1.165) is 25.7 Å². The molecular formula is C48H70O12. The van der Waals surface area contributed by atoms with Gasteiger partial charge in [0.15, 0.2) is 11.2 Å². The molecule has 0 radical (unpaired) electrons. The molecule has 60 heavy (non-hydrogen) atoms. The second kappa shape index (κ2) is 26.2. The number of hydrogen-bond acceptors (Lipinski definition) is 12. The van der Waals surface area contributed by atoms with E-state index in [0.29, 0.717) is 47.0 Å². The van der Waals surface area contributed by atoms with Crippen LogP contribution in [0.1, 0.15) is 187 Å². The molecule has 0 aliphatic carbocycles. The molecule has 12 nitrogen and oxygen atoms in total. The molecule has 12 heteroatoms. The summed E-state index contributed by atoms with van der Waals surface area (Å²) >= 11 is 0. The van der Waals surface area contributed by atoms with Crippen LogP contribution in [0.2, 0.25) is 0 Å². The van der Waals surface area contributed by atoms with E-state index < -0.39 is 48.3 Å². The molecule has 0 saturated heterocycles. The number of carbonyl (C=O) groups excluding carboxylic acids is 4. The highest BCUT2D eigenvalue weighted by Crippen LogP contribution is 2.42. The summed E-state index contributed by atoms with van der Waals surface area (Å²) in [6, 6.07) is 10.4. The lowest BCUT2D eigenvalue weighted by atomic mass is 9.93. The van der Waals surface area contributed by atoms with Gasteiger partial charge in [-0.2, -0.15) is 0 Å². The molecule has 0 spiro atoms. The third-order valence-electron chi connectivity index (χ3n) is 11.6. The Labute approximate surface area is 357 Å². The van der Waals surface area contributed by atoms with Gasteiger partial charge in [-0.15, -0.1) is 0 Å². The number of cyclic esters (lactones) is 2. The van der Waals surface area contributed by atoms with Crippen LogP contribution in [0.15, 0.2) is 36.4 Å². The summed E-state index contributed by atoms with van der Waals surface area (Å²) in [5.74, 6) is -1.30. The van der Waals surface area contributed by atoms with Crippen molar-refractivity contribution in [1.29, 1.82) is 0 Å². The number of carbonyl (C=O) groups is 4. The van der Waals surface area contributed by atoms with Gasteiger partial charge in [-0.05, 0) is 25.0 Å². The molecule has 0 amide bonds. The number of benzene rings is 2. The van der Waals surface area contributed by atoms with E-state index in [4.69, 9.17) is 28.4 Å². The smallest absolute Gasteiger partial charge is 0.343 e. The van der Waals surface area contributed by atoms with E-state index in [1.165, 1.54) is 129 Å². The quantitative estimate of drug-likeness (QED) is 0.0398. The molecule has 0 fully saturated rings. The highest BCUT2D eigenvalue weighted by atomic mass is 16.6. The highest BCUT2D eigenvalue weighted by Gasteiger charge is 2.49. The van der Waals surface area contributed by atoms with Crippen LogP contribution in [0, 0.1) is 0 Å². The molecule has 2 N–H and O–H groups in total. The molecule has 334 valence electrons. The fraction of sp³-hybridized carbons (Fsp3) is 0.667. The minimum absolute atomic E-state index is 0.240. The maximum atomic E-state index is 12.6. The molecule has 2 aliphatic rings. The predicted octanol–water partition coefficient (Wildman–Crippen LogP) is 9.57. The number of hydrogen-bond donors (Lipinski definition) is 2. The Kier molecular flexibility index (Phi) is 21.2. The number of aliphatic hydroxyl groups excluding tert-OH is 2. The van der Waals surface area contributed by atoms with E-state index in [9.17, 15) is 29.4 Å². The highest BCUT2D eigenvalue weighted by molar-refractivity contribution is 5.98. The van der Waals surface area contributed by atoms with Gasteiger partial charge in [0.1, 0.15) is 35.8 Å². The lowest BCUT2D eigenvalue weighted by molar-refractivity contribution is -0.152. The summed E-state index contributed by atoms with van der Waals surface area (Å²) in [4.78, 5) is 47.9. The van der Waals surface area contributed by atoms with E-state index >= 15 is 0 Å². The van der Waals surface area contributed by atoms with E-state index in [1.807, 2.05) is 0 Å². The normalized spacial score (nSPS) is 17.8. The average molecular weight is 839 g/mol. The molecule has 2 heterocycles. The fourth-order valence-corrected chi connectivity index (χ4v) is 8.13. The number of fused-ring (bicyclic) bond motifs is 2. The maximum Gasteiger partial charge on any atom is 0.343 e. The third-order valence-corrected chi connectivity index (χ3v) is 11.6. The number of ether oxygens (including phenoxy) is 6. The van der Waals surface area contributed by atoms with Crippen LogP contribution in [0.25, 0.3) is 0 Å². The molecule has 0 aromatic heterocycles. The molecule has 0 unspecified atom stereocenters. The van der Waals surface area contributed by atoms with Crippen LogP contribution in [0.3, 0.4) is 0 Å². The van der Waals surface area contributed by atoms with E-state index in [-0.39, 0.29) is 13.2 Å². The monoisotopic (exact) mass is 838 g/mol. The zero-order valence-corrected chi connectivity index (χ0v) is 36.2. The van der Waals surface area contributed by atoms with Gasteiger partial charge in [-0.1, -0.05) is 153 Å². The SMILES string of the molecule is CC(=O)OC[C@@]1(CO)OC(=O)c2c(OCCCCCCCCCCCCCCCCCCCCCCCCOc3cccc4c3C(=O)O[C@]4(CO)COC(C)=O)cccc21. The first-order valence-electron chi connectivity index (χ1n) is 22.6. The molecule has 0 bridgehead atoms. The standard InChI is InChI=1S/C48H70O12/c1-37(51)57-35-47(33-49)39-27-25-29-41(43(39)45(53)59-47)55-31-23-21-19-17-15-13-11-9-7-5-3-4-6-8-10-12-14-16-18-20-22-24-32-56-42-30-26-28-40-44(42)46(54)60-48(40,34-50)36-58-38(2)52/h25-30,49-50H,3-24,31-36H2,1-2H3/t47-,48-/m1/s1. The maximum absolute atomic E-state index is 12.6. The van der Waals surface area contributed by atoms with Crippen LogP contribution in [0.5, 0.6) is 11.5 Å². The minimum Gasteiger partial charge on any atom is -0.493 e. The van der Waals surface area contributed by atoms with Crippen molar-refractivity contribution in [1.82, 2.24) is 0 Å². The van der Waals surface area contributed by atoms with Crippen molar-refractivity contribution in [2.75, 3.05) is 39.6 Å². The Morgan fingerprint density at radius 3 is 1.03 bits per heavy atom. The van der Waals surface area contributed by atoms with E-state index in [1.54, 1.807) is 36.4 Å². The number of aliphatic hydroxyl groups is 2. The van der Waals surface area contributed by atoms with Crippen molar-refractivity contribution < 1.29 is 57.8 Å². The van der Waals surface area contributed by atoms with Crippen LogP contribution in [-0.2, 0) is 39.7 Å². The zero-order chi connectivity index (χ0) is 43.1. The summed E-state index contributed by atoms with van der Waals surface area (Å²) in [6.07, 6.45) is 27.3. The van der Waals surface area contributed by atoms with E-state index in [2.05, 4.69) is 0 Å². The van der Waals surface area contributed by atoms with Crippen molar-refractivity contribution in [2.45, 2.75) is 166 Å². The Morgan fingerprint density at radius 2 is 0.767 bits per heavy atom. The van der Waals surface area contributed by atoms with Crippen molar-refractivity contribution in [2.24, 2.45) is 0 Å². The van der Waals surface area contributed by atoms with Crippen molar-refractivity contribution in [3.63, 3.8) is 0 Å². The van der Waals surface area contributed by atoms with Gasteiger partial charge in [0.25, 0.3) is 0 Å². The van der Waals surface area contributed by atoms with Crippen molar-refractivity contribution in [3.8, 4) is 11.5 Å². The van der Waals surface area contributed by atoms with Crippen LogP contribution < -0.4 is 9.47 Å². The molecule has 2 aromatic rings. The lowest BCUT2D eigenvalue weighted by Crippen LogP contribution is -2.36. The summed E-state index contributed by atoms with van der Waals surface area (Å²) in [6.45, 7) is 2.09. The minimum atomic E-state index is -1.39. The van der Waals surface area contributed by atoms with Crippen LogP contribution in [-0.4, -0.2) is 73.7 Å². The molecule has 2 atom stereocenters. The Hall–Kier alpha value is -4.16. The number of esters is 4. The van der Waals surface area contributed by atoms with Crippen LogP contribution >= 0.6 is 0 Å². The number of unbranched alkanes of at least 4 members (excludes halogenated alkanes) is 21. The summed E-state index contributed by atoms with van der Waals surface area (Å²) in [7, 11) is 0. The summed E-state index contributed by atoms with van der Waals surface area (Å²) < 4.78 is 33.0. The number of rotatable bonds is 33.